The molecular weight excluding hydrogens is 361 g/mol. The summed E-state index contributed by atoms with van der Waals surface area (Å²) in [7, 11) is 0. The molecule has 1 fully saturated rings. The first-order valence-electron chi connectivity index (χ1n) is 9.27. The number of halogens is 1. The number of benzene rings is 2. The molecule has 1 amide bonds. The van der Waals surface area contributed by atoms with Crippen molar-refractivity contribution in [3.8, 4) is 0 Å². The van der Waals surface area contributed by atoms with Crippen molar-refractivity contribution < 1.29 is 9.18 Å². The van der Waals surface area contributed by atoms with Crippen LogP contribution in [-0.2, 0) is 4.79 Å². The van der Waals surface area contributed by atoms with E-state index in [4.69, 9.17) is 4.98 Å². The number of carbonyl (C=O) groups excluding carboxylic acids is 1. The van der Waals surface area contributed by atoms with E-state index in [1.54, 1.807) is 29.5 Å². The Balaban J connectivity index is 1.36. The first kappa shape index (κ1) is 18.1. The summed E-state index contributed by atoms with van der Waals surface area (Å²) in [4.78, 5) is 19.5. The number of nitrogens with one attached hydrogen (secondary N) is 1. The van der Waals surface area contributed by atoms with Crippen LogP contribution in [0.3, 0.4) is 0 Å². The molecule has 1 aliphatic heterocycles. The van der Waals surface area contributed by atoms with Gasteiger partial charge in [-0.25, -0.2) is 9.37 Å². The lowest BCUT2D eigenvalue weighted by Gasteiger charge is -2.34. The average Bonchev–Trinajstić information content (AvgIpc) is 3.13. The number of rotatable bonds is 4. The molecule has 3 aromatic rings. The molecule has 0 spiro atoms. The zero-order valence-corrected chi connectivity index (χ0v) is 16.0. The topological polar surface area (TPSA) is 45.2 Å². The molecule has 4 rings (SSSR count). The Bertz CT molecular complexity index is 916. The first-order valence-corrected chi connectivity index (χ1v) is 10.1. The highest BCUT2D eigenvalue weighted by molar-refractivity contribution is 7.18. The molecule has 1 atom stereocenters. The number of anilines is 1. The van der Waals surface area contributed by atoms with Crippen LogP contribution in [0.25, 0.3) is 10.2 Å². The number of aromatic nitrogens is 1. The molecule has 1 aliphatic rings. The zero-order chi connectivity index (χ0) is 18.8. The Morgan fingerprint density at radius 1 is 1.19 bits per heavy atom. The maximum atomic E-state index is 13.7. The van der Waals surface area contributed by atoms with Crippen molar-refractivity contribution in [1.29, 1.82) is 0 Å². The fraction of sp³-hybridized carbons (Fsp3) is 0.333. The van der Waals surface area contributed by atoms with Gasteiger partial charge >= 0.3 is 0 Å². The molecule has 1 N–H and O–H groups in total. The average molecular weight is 383 g/mol. The molecule has 6 heteroatoms. The summed E-state index contributed by atoms with van der Waals surface area (Å²) in [5.41, 5.74) is 1.30. The quantitative estimate of drug-likeness (QED) is 0.714. The van der Waals surface area contributed by atoms with E-state index in [0.717, 1.165) is 31.4 Å². The fourth-order valence-electron chi connectivity index (χ4n) is 3.56. The maximum absolute atomic E-state index is 13.7. The number of hydrogen-bond donors (Lipinski definition) is 1. The monoisotopic (exact) mass is 383 g/mol. The summed E-state index contributed by atoms with van der Waals surface area (Å²) in [6, 6.07) is 14.2. The van der Waals surface area contributed by atoms with Crippen molar-refractivity contribution >= 4 is 33.1 Å². The largest absolute Gasteiger partial charge is 0.322 e. The molecule has 1 aromatic heterocycles. The summed E-state index contributed by atoms with van der Waals surface area (Å²) in [6.45, 7) is 3.56. The van der Waals surface area contributed by atoms with Crippen LogP contribution < -0.4 is 5.32 Å². The van der Waals surface area contributed by atoms with Crippen molar-refractivity contribution in [2.45, 2.75) is 31.7 Å². The van der Waals surface area contributed by atoms with Crippen LogP contribution in [0.2, 0.25) is 0 Å². The number of piperidine rings is 1. The molecule has 0 saturated carbocycles. The van der Waals surface area contributed by atoms with Gasteiger partial charge in [-0.2, -0.15) is 0 Å². The Morgan fingerprint density at radius 2 is 1.89 bits per heavy atom. The van der Waals surface area contributed by atoms with E-state index in [0.29, 0.717) is 5.92 Å². The fourth-order valence-corrected chi connectivity index (χ4v) is 4.70. The standard InChI is InChI=1S/C21H22FN3OS/c1-14(20(26)23-17-7-3-2-6-16(17)22)25-12-10-15(11-13-25)21-24-18-8-4-5-9-19(18)27-21/h2-9,14-15H,10-13H2,1H3,(H,23,26)/t14-/m0/s1. The van der Waals surface area contributed by atoms with E-state index < -0.39 is 5.82 Å². The van der Waals surface area contributed by atoms with E-state index in [2.05, 4.69) is 22.3 Å². The molecule has 0 unspecified atom stereocenters. The van der Waals surface area contributed by atoms with Crippen LogP contribution >= 0.6 is 11.3 Å². The van der Waals surface area contributed by atoms with Gasteiger partial charge in [0, 0.05) is 5.92 Å². The molecular formula is C21H22FN3OS. The highest BCUT2D eigenvalue weighted by Gasteiger charge is 2.29. The molecule has 1 saturated heterocycles. The number of carbonyl (C=O) groups is 1. The molecule has 27 heavy (non-hydrogen) atoms. The highest BCUT2D eigenvalue weighted by Crippen LogP contribution is 2.34. The SMILES string of the molecule is C[C@@H](C(=O)Nc1ccccc1F)N1CCC(c2nc3ccccc3s2)CC1. The lowest BCUT2D eigenvalue weighted by molar-refractivity contribution is -0.121. The molecule has 2 aromatic carbocycles. The van der Waals surface area contributed by atoms with Gasteiger partial charge in [-0.15, -0.1) is 11.3 Å². The second-order valence-corrected chi connectivity index (χ2v) is 8.04. The van der Waals surface area contributed by atoms with Gasteiger partial charge in [-0.1, -0.05) is 24.3 Å². The third-order valence-electron chi connectivity index (χ3n) is 5.25. The van der Waals surface area contributed by atoms with Gasteiger partial charge in [-0.05, 0) is 57.1 Å². The van der Waals surface area contributed by atoms with Gasteiger partial charge in [-0.3, -0.25) is 9.69 Å². The van der Waals surface area contributed by atoms with Crippen molar-refractivity contribution in [3.05, 3.63) is 59.4 Å². The summed E-state index contributed by atoms with van der Waals surface area (Å²) in [6.07, 6.45) is 1.97. The lowest BCUT2D eigenvalue weighted by Crippen LogP contribution is -2.45. The number of para-hydroxylation sites is 2. The van der Waals surface area contributed by atoms with Gasteiger partial charge in [0.15, 0.2) is 0 Å². The van der Waals surface area contributed by atoms with E-state index in [9.17, 15) is 9.18 Å². The molecule has 2 heterocycles. The van der Waals surface area contributed by atoms with Crippen molar-refractivity contribution in [3.63, 3.8) is 0 Å². The number of hydrogen-bond acceptors (Lipinski definition) is 4. The van der Waals surface area contributed by atoms with Crippen molar-refractivity contribution in [2.24, 2.45) is 0 Å². The van der Waals surface area contributed by atoms with E-state index >= 15 is 0 Å². The third-order valence-corrected chi connectivity index (χ3v) is 6.45. The summed E-state index contributed by atoms with van der Waals surface area (Å²) >= 11 is 1.77. The Hall–Kier alpha value is -2.31. The minimum atomic E-state index is -0.410. The minimum absolute atomic E-state index is 0.168. The molecule has 0 bridgehead atoms. The number of fused-ring (bicyclic) bond motifs is 1. The molecule has 4 nitrogen and oxygen atoms in total. The molecule has 0 aliphatic carbocycles. The van der Waals surface area contributed by atoms with Gasteiger partial charge < -0.3 is 5.32 Å². The first-order chi connectivity index (χ1) is 13.1. The lowest BCUT2D eigenvalue weighted by atomic mass is 9.96. The van der Waals surface area contributed by atoms with Gasteiger partial charge in [0.25, 0.3) is 0 Å². The van der Waals surface area contributed by atoms with Crippen molar-refractivity contribution in [1.82, 2.24) is 9.88 Å². The number of amides is 1. The highest BCUT2D eigenvalue weighted by atomic mass is 32.1. The number of thiazole rings is 1. The molecule has 140 valence electrons. The van der Waals surface area contributed by atoms with Gasteiger partial charge in [0.1, 0.15) is 5.82 Å². The Morgan fingerprint density at radius 3 is 2.63 bits per heavy atom. The van der Waals surface area contributed by atoms with Gasteiger partial charge in [0.2, 0.25) is 5.91 Å². The van der Waals surface area contributed by atoms with Crippen LogP contribution in [0.1, 0.15) is 30.7 Å². The maximum Gasteiger partial charge on any atom is 0.241 e. The smallest absolute Gasteiger partial charge is 0.241 e. The second-order valence-electron chi connectivity index (χ2n) is 6.98. The Labute approximate surface area is 162 Å². The zero-order valence-electron chi connectivity index (χ0n) is 15.2. The van der Waals surface area contributed by atoms with E-state index in [1.165, 1.54) is 15.8 Å². The van der Waals surface area contributed by atoms with Crippen LogP contribution in [0.4, 0.5) is 10.1 Å². The minimum Gasteiger partial charge on any atom is -0.322 e. The van der Waals surface area contributed by atoms with E-state index in [-0.39, 0.29) is 17.6 Å². The van der Waals surface area contributed by atoms with Gasteiger partial charge in [0.05, 0.1) is 27.0 Å². The van der Waals surface area contributed by atoms with Crippen LogP contribution in [-0.4, -0.2) is 34.9 Å². The van der Waals surface area contributed by atoms with Crippen molar-refractivity contribution in [2.75, 3.05) is 18.4 Å². The molecule has 0 radical (unpaired) electrons. The normalized spacial score (nSPS) is 17.1. The Kier molecular flexibility index (Phi) is 5.18. The van der Waals surface area contributed by atoms with Crippen LogP contribution in [0, 0.1) is 5.82 Å². The predicted octanol–water partition coefficient (Wildman–Crippen LogP) is 4.64. The second kappa shape index (κ2) is 7.74. The summed E-state index contributed by atoms with van der Waals surface area (Å²) in [5, 5.41) is 3.90. The van der Waals surface area contributed by atoms with Crippen LogP contribution in [0.15, 0.2) is 48.5 Å². The number of nitrogens with zero attached hydrogens (tertiary/aromatic N) is 2. The van der Waals surface area contributed by atoms with Crippen LogP contribution in [0.5, 0.6) is 0 Å². The van der Waals surface area contributed by atoms with E-state index in [1.807, 2.05) is 19.1 Å². The summed E-state index contributed by atoms with van der Waals surface area (Å²) < 4.78 is 15.0. The number of likely N-dealkylation sites (tertiary alicyclic amines) is 1. The third kappa shape index (κ3) is 3.87. The summed E-state index contributed by atoms with van der Waals surface area (Å²) in [5.74, 6) is -0.133. The predicted molar refractivity (Wildman–Crippen MR) is 108 cm³/mol.